The summed E-state index contributed by atoms with van der Waals surface area (Å²) in [4.78, 5) is 0. The van der Waals surface area contributed by atoms with Crippen LogP contribution in [0.2, 0.25) is 0 Å². The van der Waals surface area contributed by atoms with Crippen molar-refractivity contribution in [3.63, 3.8) is 0 Å². The third kappa shape index (κ3) is 15.9. The maximum absolute atomic E-state index is 2.31. The molecule has 0 aliphatic carbocycles. The van der Waals surface area contributed by atoms with Gasteiger partial charge in [0.15, 0.2) is 0 Å². The molecule has 0 fully saturated rings. The van der Waals surface area contributed by atoms with E-state index in [-0.39, 0.29) is 0 Å². The van der Waals surface area contributed by atoms with Gasteiger partial charge in [0.05, 0.1) is 0 Å². The van der Waals surface area contributed by atoms with Crippen LogP contribution in [0.25, 0.3) is 0 Å². The van der Waals surface area contributed by atoms with Crippen LogP contribution in [0.3, 0.4) is 0 Å². The monoisotopic (exact) mass is 294 g/mol. The zero-order valence-corrected chi connectivity index (χ0v) is 15.4. The minimum atomic E-state index is 1.24. The quantitative estimate of drug-likeness (QED) is 0.199. The summed E-state index contributed by atoms with van der Waals surface area (Å²) in [6.45, 7) is 6.75. The van der Waals surface area contributed by atoms with Gasteiger partial charge in [0, 0.05) is 0 Å². The lowest BCUT2D eigenvalue weighted by molar-refractivity contribution is 0.535. The zero-order chi connectivity index (χ0) is 15.6. The Balaban J connectivity index is 3.06. The van der Waals surface area contributed by atoms with Gasteiger partial charge in [-0.05, 0) is 26.2 Å². The van der Waals surface area contributed by atoms with E-state index in [0.717, 1.165) is 0 Å². The minimum Gasteiger partial charge on any atom is -0.0885 e. The van der Waals surface area contributed by atoms with Crippen LogP contribution in [0, 0.1) is 0 Å². The molecule has 0 unspecified atom stereocenters. The van der Waals surface area contributed by atoms with Crippen molar-refractivity contribution in [1.82, 2.24) is 0 Å². The van der Waals surface area contributed by atoms with E-state index in [9.17, 15) is 0 Å². The predicted octanol–water partition coefficient (Wildman–Crippen LogP) is 8.21. The van der Waals surface area contributed by atoms with Crippen LogP contribution < -0.4 is 0 Å². The van der Waals surface area contributed by atoms with E-state index in [4.69, 9.17) is 0 Å². The largest absolute Gasteiger partial charge is 0.0885 e. The summed E-state index contributed by atoms with van der Waals surface area (Å²) in [7, 11) is 0. The van der Waals surface area contributed by atoms with E-state index in [1.54, 1.807) is 5.57 Å². The van der Waals surface area contributed by atoms with E-state index in [0.29, 0.717) is 0 Å². The highest BCUT2D eigenvalue weighted by molar-refractivity contribution is 4.98. The summed E-state index contributed by atoms with van der Waals surface area (Å²) in [6.07, 6.45) is 25.3. The molecule has 0 radical (unpaired) electrons. The summed E-state index contributed by atoms with van der Waals surface area (Å²) in [5.74, 6) is 0. The Morgan fingerprint density at radius 1 is 0.571 bits per heavy atom. The number of hydrogen-bond acceptors (Lipinski definition) is 0. The molecular formula is C21H42. The SMILES string of the molecule is CC=C(CC)CCCCCCCCCCCCCCCC. The second-order valence-electron chi connectivity index (χ2n) is 6.65. The second-order valence-corrected chi connectivity index (χ2v) is 6.65. The molecule has 0 saturated heterocycles. The average molecular weight is 295 g/mol. The molecular weight excluding hydrogens is 252 g/mol. The van der Waals surface area contributed by atoms with Crippen LogP contribution in [-0.4, -0.2) is 0 Å². The van der Waals surface area contributed by atoms with Crippen molar-refractivity contribution in [2.45, 2.75) is 124 Å². The minimum absolute atomic E-state index is 1.24. The summed E-state index contributed by atoms with van der Waals surface area (Å²) in [6, 6.07) is 0. The first kappa shape index (κ1) is 20.7. The molecule has 0 heterocycles. The lowest BCUT2D eigenvalue weighted by Gasteiger charge is -2.04. The van der Waals surface area contributed by atoms with Crippen LogP contribution in [0.15, 0.2) is 11.6 Å². The molecule has 126 valence electrons. The molecule has 0 spiro atoms. The molecule has 0 bridgehead atoms. The van der Waals surface area contributed by atoms with Crippen molar-refractivity contribution in [2.75, 3.05) is 0 Å². The summed E-state index contributed by atoms with van der Waals surface area (Å²) in [5, 5.41) is 0. The van der Waals surface area contributed by atoms with Gasteiger partial charge in [-0.15, -0.1) is 0 Å². The molecule has 0 aromatic heterocycles. The Labute approximate surface area is 135 Å². The Kier molecular flexibility index (Phi) is 17.6. The van der Waals surface area contributed by atoms with E-state index in [1.165, 1.54) is 103 Å². The van der Waals surface area contributed by atoms with Crippen LogP contribution in [-0.2, 0) is 0 Å². The van der Waals surface area contributed by atoms with Crippen molar-refractivity contribution in [1.29, 1.82) is 0 Å². The maximum Gasteiger partial charge on any atom is -0.0321 e. The molecule has 0 aromatic carbocycles. The first-order valence-corrected chi connectivity index (χ1v) is 9.99. The first-order chi connectivity index (χ1) is 10.3. The molecule has 0 aromatic rings. The highest BCUT2D eigenvalue weighted by Gasteiger charge is 1.95. The van der Waals surface area contributed by atoms with Crippen molar-refractivity contribution in [3.8, 4) is 0 Å². The van der Waals surface area contributed by atoms with Gasteiger partial charge in [0.25, 0.3) is 0 Å². The number of unbranched alkanes of at least 4 members (excludes halogenated alkanes) is 13. The fourth-order valence-corrected chi connectivity index (χ4v) is 3.07. The van der Waals surface area contributed by atoms with Gasteiger partial charge >= 0.3 is 0 Å². The van der Waals surface area contributed by atoms with Gasteiger partial charge in [-0.25, -0.2) is 0 Å². The smallest absolute Gasteiger partial charge is 0.0321 e. The predicted molar refractivity (Wildman–Crippen MR) is 99.0 cm³/mol. The molecule has 0 amide bonds. The van der Waals surface area contributed by atoms with Crippen molar-refractivity contribution < 1.29 is 0 Å². The van der Waals surface area contributed by atoms with Crippen LogP contribution >= 0.6 is 0 Å². The Bertz CT molecular complexity index is 214. The normalized spacial score (nSPS) is 12.0. The van der Waals surface area contributed by atoms with Gasteiger partial charge in [0.2, 0.25) is 0 Å². The van der Waals surface area contributed by atoms with Gasteiger partial charge < -0.3 is 0 Å². The van der Waals surface area contributed by atoms with Crippen LogP contribution in [0.4, 0.5) is 0 Å². The van der Waals surface area contributed by atoms with Gasteiger partial charge in [0.1, 0.15) is 0 Å². The number of allylic oxidation sites excluding steroid dienone is 2. The second kappa shape index (κ2) is 17.8. The van der Waals surface area contributed by atoms with Gasteiger partial charge in [-0.3, -0.25) is 0 Å². The molecule has 0 N–H and O–H groups in total. The Morgan fingerprint density at radius 3 is 1.29 bits per heavy atom. The van der Waals surface area contributed by atoms with E-state index in [2.05, 4.69) is 26.8 Å². The maximum atomic E-state index is 2.31. The van der Waals surface area contributed by atoms with E-state index in [1.807, 2.05) is 0 Å². The van der Waals surface area contributed by atoms with Gasteiger partial charge in [-0.1, -0.05) is 109 Å². The highest BCUT2D eigenvalue weighted by Crippen LogP contribution is 2.15. The lowest BCUT2D eigenvalue weighted by atomic mass is 10.0. The molecule has 0 saturated carbocycles. The standard InChI is InChI=1S/C21H42/c1-4-7-8-9-10-11-12-13-14-15-16-17-18-19-20-21(5-2)6-3/h5H,4,6-20H2,1-3H3. The van der Waals surface area contributed by atoms with Crippen LogP contribution in [0.5, 0.6) is 0 Å². The third-order valence-corrected chi connectivity index (χ3v) is 4.71. The average Bonchev–Trinajstić information content (AvgIpc) is 2.51. The number of hydrogen-bond donors (Lipinski definition) is 0. The Hall–Kier alpha value is -0.260. The molecule has 0 atom stereocenters. The van der Waals surface area contributed by atoms with Gasteiger partial charge in [-0.2, -0.15) is 0 Å². The molecule has 21 heavy (non-hydrogen) atoms. The topological polar surface area (TPSA) is 0 Å². The van der Waals surface area contributed by atoms with E-state index < -0.39 is 0 Å². The fraction of sp³-hybridized carbons (Fsp3) is 0.905. The highest BCUT2D eigenvalue weighted by atomic mass is 14.0. The summed E-state index contributed by atoms with van der Waals surface area (Å²) >= 11 is 0. The van der Waals surface area contributed by atoms with E-state index >= 15 is 0 Å². The molecule has 0 rings (SSSR count). The van der Waals surface area contributed by atoms with Crippen molar-refractivity contribution in [2.24, 2.45) is 0 Å². The summed E-state index contributed by atoms with van der Waals surface area (Å²) < 4.78 is 0. The molecule has 0 nitrogen and oxygen atoms in total. The summed E-state index contributed by atoms with van der Waals surface area (Å²) in [5.41, 5.74) is 1.65. The third-order valence-electron chi connectivity index (χ3n) is 4.71. The molecule has 0 heteroatoms. The van der Waals surface area contributed by atoms with Crippen LogP contribution in [0.1, 0.15) is 124 Å². The van der Waals surface area contributed by atoms with Crippen molar-refractivity contribution >= 4 is 0 Å². The Morgan fingerprint density at radius 2 is 0.952 bits per heavy atom. The number of rotatable bonds is 16. The molecule has 0 aliphatic heterocycles. The lowest BCUT2D eigenvalue weighted by Crippen LogP contribution is -1.85. The van der Waals surface area contributed by atoms with Crippen molar-refractivity contribution in [3.05, 3.63) is 11.6 Å². The molecule has 0 aliphatic rings. The zero-order valence-electron chi connectivity index (χ0n) is 15.4. The fourth-order valence-electron chi connectivity index (χ4n) is 3.07. The first-order valence-electron chi connectivity index (χ1n) is 9.99.